The molecule has 154 valence electrons. The molecule has 3 aliphatic rings. The molecule has 3 aliphatic heterocycles. The van der Waals surface area contributed by atoms with Crippen LogP contribution in [0, 0.1) is 0 Å². The summed E-state index contributed by atoms with van der Waals surface area (Å²) in [4.78, 5) is 0. The van der Waals surface area contributed by atoms with E-state index >= 15 is 0 Å². The molecule has 0 spiro atoms. The van der Waals surface area contributed by atoms with Gasteiger partial charge in [0.15, 0.2) is 28.7 Å². The first kappa shape index (κ1) is 17.7. The summed E-state index contributed by atoms with van der Waals surface area (Å²) in [7, 11) is 0. The number of imidazole rings is 1. The number of nitrogens with zero attached hydrogens (tertiary/aromatic N) is 2. The Morgan fingerprint density at radius 1 is 0.700 bits per heavy atom. The Kier molecular flexibility index (Phi) is 4.29. The molecule has 0 unspecified atom stereocenters. The van der Waals surface area contributed by atoms with Crippen molar-refractivity contribution in [3.8, 4) is 39.9 Å². The minimum absolute atomic E-state index is 0.595. The summed E-state index contributed by atoms with van der Waals surface area (Å²) in [5.74, 6) is 4.62. The number of hydrogen-bond donors (Lipinski definition) is 0. The lowest BCUT2D eigenvalue weighted by Gasteiger charge is -2.18. The standard InChI is InChI=1S/C24H25N2O4/c1-2-4-24-25(9-3-1)19(17-5-7-20-22(14-17)29-12-10-27-20)16-26(24)18-6-8-21-23(15-18)30-13-11-28-21/h5-8,14-16H,1-4,9-13H2/q+1. The van der Waals surface area contributed by atoms with Gasteiger partial charge in [-0.25, -0.2) is 4.57 Å². The van der Waals surface area contributed by atoms with Crippen molar-refractivity contribution in [2.24, 2.45) is 0 Å². The fourth-order valence-corrected chi connectivity index (χ4v) is 4.61. The van der Waals surface area contributed by atoms with Crippen molar-refractivity contribution in [3.63, 3.8) is 0 Å². The van der Waals surface area contributed by atoms with Gasteiger partial charge in [-0.3, -0.25) is 0 Å². The number of aromatic nitrogens is 2. The van der Waals surface area contributed by atoms with E-state index in [2.05, 4.69) is 39.6 Å². The Morgan fingerprint density at radius 2 is 1.40 bits per heavy atom. The maximum atomic E-state index is 5.84. The van der Waals surface area contributed by atoms with Gasteiger partial charge in [-0.15, -0.1) is 0 Å². The largest absolute Gasteiger partial charge is 0.486 e. The van der Waals surface area contributed by atoms with Gasteiger partial charge in [0, 0.05) is 18.1 Å². The van der Waals surface area contributed by atoms with Crippen molar-refractivity contribution in [1.82, 2.24) is 4.57 Å². The fourth-order valence-electron chi connectivity index (χ4n) is 4.61. The van der Waals surface area contributed by atoms with Crippen molar-refractivity contribution >= 4 is 0 Å². The number of ether oxygens (including phenoxy) is 4. The summed E-state index contributed by atoms with van der Waals surface area (Å²) in [6.07, 6.45) is 6.95. The van der Waals surface area contributed by atoms with Crippen molar-refractivity contribution < 1.29 is 23.5 Å². The highest BCUT2D eigenvalue weighted by Gasteiger charge is 2.28. The minimum Gasteiger partial charge on any atom is -0.486 e. The molecule has 0 bridgehead atoms. The van der Waals surface area contributed by atoms with Gasteiger partial charge in [0.25, 0.3) is 5.82 Å². The third kappa shape index (κ3) is 2.98. The third-order valence-corrected chi connectivity index (χ3v) is 6.06. The topological polar surface area (TPSA) is 45.7 Å². The zero-order chi connectivity index (χ0) is 19.9. The predicted molar refractivity (Wildman–Crippen MR) is 111 cm³/mol. The smallest absolute Gasteiger partial charge is 0.262 e. The van der Waals surface area contributed by atoms with Crippen molar-refractivity contribution in [1.29, 1.82) is 0 Å². The highest BCUT2D eigenvalue weighted by atomic mass is 16.6. The van der Waals surface area contributed by atoms with Crippen LogP contribution in [0.25, 0.3) is 16.9 Å². The molecule has 0 saturated carbocycles. The molecule has 0 aliphatic carbocycles. The molecule has 6 heteroatoms. The van der Waals surface area contributed by atoms with Gasteiger partial charge in [-0.1, -0.05) is 0 Å². The highest BCUT2D eigenvalue weighted by Crippen LogP contribution is 2.36. The summed E-state index contributed by atoms with van der Waals surface area (Å²) in [6.45, 7) is 3.43. The molecule has 6 rings (SSSR count). The Hall–Kier alpha value is -3.15. The lowest BCUT2D eigenvalue weighted by molar-refractivity contribution is -0.692. The average Bonchev–Trinajstić information content (AvgIpc) is 2.99. The summed E-state index contributed by atoms with van der Waals surface area (Å²) in [6, 6.07) is 12.5. The molecule has 0 N–H and O–H groups in total. The van der Waals surface area contributed by atoms with Gasteiger partial charge >= 0.3 is 0 Å². The van der Waals surface area contributed by atoms with Gasteiger partial charge in [0.2, 0.25) is 0 Å². The van der Waals surface area contributed by atoms with Crippen LogP contribution < -0.4 is 23.5 Å². The monoisotopic (exact) mass is 405 g/mol. The summed E-state index contributed by atoms with van der Waals surface area (Å²) in [5, 5.41) is 0. The van der Waals surface area contributed by atoms with Crippen LogP contribution in [0.2, 0.25) is 0 Å². The number of rotatable bonds is 2. The molecular formula is C24H25N2O4+. The van der Waals surface area contributed by atoms with Crippen LogP contribution in [0.15, 0.2) is 42.6 Å². The van der Waals surface area contributed by atoms with Crippen LogP contribution in [-0.4, -0.2) is 31.0 Å². The zero-order valence-electron chi connectivity index (χ0n) is 16.9. The van der Waals surface area contributed by atoms with Crippen LogP contribution in [0.5, 0.6) is 23.0 Å². The molecule has 0 saturated heterocycles. The van der Waals surface area contributed by atoms with E-state index in [0.717, 1.165) is 47.2 Å². The molecule has 0 amide bonds. The van der Waals surface area contributed by atoms with Crippen molar-refractivity contribution in [2.75, 3.05) is 26.4 Å². The molecule has 0 fully saturated rings. The zero-order valence-corrected chi connectivity index (χ0v) is 16.9. The molecule has 30 heavy (non-hydrogen) atoms. The highest BCUT2D eigenvalue weighted by molar-refractivity contribution is 5.62. The fraction of sp³-hybridized carbons (Fsp3) is 0.375. The van der Waals surface area contributed by atoms with Crippen LogP contribution in [0.3, 0.4) is 0 Å². The van der Waals surface area contributed by atoms with Crippen LogP contribution in [0.1, 0.15) is 25.1 Å². The van der Waals surface area contributed by atoms with E-state index in [0.29, 0.717) is 26.4 Å². The van der Waals surface area contributed by atoms with E-state index in [9.17, 15) is 0 Å². The van der Waals surface area contributed by atoms with E-state index < -0.39 is 0 Å². The second kappa shape index (κ2) is 7.27. The van der Waals surface area contributed by atoms with Gasteiger partial charge in [-0.05, 0) is 49.6 Å². The second-order valence-corrected chi connectivity index (χ2v) is 7.95. The molecule has 1 aromatic heterocycles. The van der Waals surface area contributed by atoms with Crippen molar-refractivity contribution in [2.45, 2.75) is 32.2 Å². The molecule has 0 radical (unpaired) electrons. The Balaban J connectivity index is 1.48. The lowest BCUT2D eigenvalue weighted by Crippen LogP contribution is -2.38. The first-order chi connectivity index (χ1) is 14.9. The molecule has 3 aromatic rings. The predicted octanol–water partition coefficient (Wildman–Crippen LogP) is 3.70. The Morgan fingerprint density at radius 3 is 2.20 bits per heavy atom. The van der Waals surface area contributed by atoms with Gasteiger partial charge < -0.3 is 18.9 Å². The number of hydrogen-bond acceptors (Lipinski definition) is 4. The van der Waals surface area contributed by atoms with Crippen LogP contribution in [-0.2, 0) is 13.0 Å². The van der Waals surface area contributed by atoms with Crippen LogP contribution >= 0.6 is 0 Å². The summed E-state index contributed by atoms with van der Waals surface area (Å²) in [5.41, 5.74) is 3.46. The van der Waals surface area contributed by atoms with E-state index in [-0.39, 0.29) is 0 Å². The van der Waals surface area contributed by atoms with E-state index in [1.54, 1.807) is 0 Å². The van der Waals surface area contributed by atoms with Gasteiger partial charge in [0.1, 0.15) is 38.3 Å². The molecule has 2 aromatic carbocycles. The van der Waals surface area contributed by atoms with E-state index in [1.165, 1.54) is 30.8 Å². The Bertz CT molecular complexity index is 1020. The van der Waals surface area contributed by atoms with Gasteiger partial charge in [0.05, 0.1) is 6.54 Å². The summed E-state index contributed by atoms with van der Waals surface area (Å²) < 4.78 is 27.9. The number of fused-ring (bicyclic) bond motifs is 3. The SMILES string of the molecule is c1cc2c(cc1-c1cn(-c3ccc4c(c3)OCCO4)c3[n+]1CCCCC3)OCCO2. The van der Waals surface area contributed by atoms with E-state index in [1.807, 2.05) is 12.1 Å². The lowest BCUT2D eigenvalue weighted by atomic mass is 10.1. The maximum absolute atomic E-state index is 5.84. The molecule has 4 heterocycles. The van der Waals surface area contributed by atoms with E-state index in [4.69, 9.17) is 18.9 Å². The summed E-state index contributed by atoms with van der Waals surface area (Å²) >= 11 is 0. The minimum atomic E-state index is 0.595. The second-order valence-electron chi connectivity index (χ2n) is 7.95. The molecule has 0 atom stereocenters. The maximum Gasteiger partial charge on any atom is 0.262 e. The first-order valence-corrected chi connectivity index (χ1v) is 10.8. The molecule has 6 nitrogen and oxygen atoms in total. The van der Waals surface area contributed by atoms with Gasteiger partial charge in [-0.2, -0.15) is 4.57 Å². The van der Waals surface area contributed by atoms with Crippen molar-refractivity contribution in [3.05, 3.63) is 48.4 Å². The Labute approximate surface area is 175 Å². The molecular weight excluding hydrogens is 380 g/mol. The number of benzene rings is 2. The first-order valence-electron chi connectivity index (χ1n) is 10.8. The average molecular weight is 405 g/mol. The normalized spacial score (nSPS) is 17.2. The van der Waals surface area contributed by atoms with Crippen LogP contribution in [0.4, 0.5) is 0 Å². The quantitative estimate of drug-likeness (QED) is 0.610. The third-order valence-electron chi connectivity index (χ3n) is 6.06.